The summed E-state index contributed by atoms with van der Waals surface area (Å²) < 4.78 is 6.00. The zero-order valence-electron chi connectivity index (χ0n) is 21.8. The number of hydrogen-bond donors (Lipinski definition) is 1. The van der Waals surface area contributed by atoms with Crippen LogP contribution in [0.2, 0.25) is 5.02 Å². The number of nitrogens with zero attached hydrogens (tertiary/aromatic N) is 3. The fourth-order valence-electron chi connectivity index (χ4n) is 4.48. The Kier molecular flexibility index (Phi) is 9.54. The van der Waals surface area contributed by atoms with Gasteiger partial charge in [0.15, 0.2) is 11.4 Å². The minimum atomic E-state index is -0.637. The van der Waals surface area contributed by atoms with Crippen LogP contribution < -0.4 is 15.1 Å². The molecular weight excluding hydrogens is 504 g/mol. The quantitative estimate of drug-likeness (QED) is 0.363. The number of anilines is 1. The van der Waals surface area contributed by atoms with Crippen LogP contribution in [0.15, 0.2) is 54.6 Å². The monoisotopic (exact) mass is 536 g/mol. The standard InChI is InChI=1S/C29H33ClN4O4/c1-3-7-26(35)38-33-29(36)27-28(37-19-22-8-5-4-6-9-22)20(2)31-25(32-27)18-21-14-16-34(17-15-21)24-12-10-23(30)11-13-24/h4-6,8-13,21H,3,7,14-19H2,1-2H3,(H,33,36). The Balaban J connectivity index is 1.47. The molecule has 1 aliphatic heterocycles. The summed E-state index contributed by atoms with van der Waals surface area (Å²) in [4.78, 5) is 41.4. The van der Waals surface area contributed by atoms with Crippen LogP contribution >= 0.6 is 11.6 Å². The van der Waals surface area contributed by atoms with Gasteiger partial charge in [-0.15, -0.1) is 0 Å². The SMILES string of the molecule is CCCC(=O)ONC(=O)c1nc(CC2CCN(c3ccc(Cl)cc3)CC2)nc(C)c1OCc1ccccc1. The number of aromatic nitrogens is 2. The number of amides is 1. The number of ether oxygens (including phenoxy) is 1. The van der Waals surface area contributed by atoms with Crippen molar-refractivity contribution < 1.29 is 19.2 Å². The topological polar surface area (TPSA) is 93.6 Å². The van der Waals surface area contributed by atoms with Gasteiger partial charge >= 0.3 is 11.9 Å². The number of halogens is 1. The van der Waals surface area contributed by atoms with Gasteiger partial charge in [0, 0.05) is 36.6 Å². The molecule has 38 heavy (non-hydrogen) atoms. The van der Waals surface area contributed by atoms with Gasteiger partial charge in [0.05, 0.1) is 5.69 Å². The first-order chi connectivity index (χ1) is 18.4. The Morgan fingerprint density at radius 3 is 2.45 bits per heavy atom. The molecule has 2 aromatic carbocycles. The zero-order chi connectivity index (χ0) is 26.9. The fraction of sp³-hybridized carbons (Fsp3) is 0.379. The Labute approximate surface area is 228 Å². The van der Waals surface area contributed by atoms with Crippen LogP contribution in [0, 0.1) is 12.8 Å². The van der Waals surface area contributed by atoms with Gasteiger partial charge < -0.3 is 14.5 Å². The highest BCUT2D eigenvalue weighted by atomic mass is 35.5. The molecule has 1 fully saturated rings. The van der Waals surface area contributed by atoms with Crippen molar-refractivity contribution in [2.24, 2.45) is 5.92 Å². The molecule has 8 nitrogen and oxygen atoms in total. The van der Waals surface area contributed by atoms with Crippen molar-refractivity contribution in [3.05, 3.63) is 82.4 Å². The van der Waals surface area contributed by atoms with Gasteiger partial charge in [0.25, 0.3) is 0 Å². The van der Waals surface area contributed by atoms with Crippen molar-refractivity contribution in [2.45, 2.75) is 52.6 Å². The number of benzene rings is 2. The molecule has 0 bridgehead atoms. The van der Waals surface area contributed by atoms with Crippen molar-refractivity contribution in [3.8, 4) is 5.75 Å². The summed E-state index contributed by atoms with van der Waals surface area (Å²) in [6.07, 6.45) is 3.43. The lowest BCUT2D eigenvalue weighted by Crippen LogP contribution is -2.34. The average molecular weight is 537 g/mol. The van der Waals surface area contributed by atoms with Gasteiger partial charge in [-0.2, -0.15) is 5.48 Å². The summed E-state index contributed by atoms with van der Waals surface area (Å²) in [5.41, 5.74) is 4.97. The second kappa shape index (κ2) is 13.2. The molecule has 200 valence electrons. The van der Waals surface area contributed by atoms with Gasteiger partial charge in [-0.25, -0.2) is 14.8 Å². The third kappa shape index (κ3) is 7.44. The van der Waals surface area contributed by atoms with E-state index in [1.165, 1.54) is 0 Å². The van der Waals surface area contributed by atoms with Crippen molar-refractivity contribution in [1.29, 1.82) is 0 Å². The maximum Gasteiger partial charge on any atom is 0.332 e. The summed E-state index contributed by atoms with van der Waals surface area (Å²) in [7, 11) is 0. The van der Waals surface area contributed by atoms with Crippen molar-refractivity contribution in [1.82, 2.24) is 15.4 Å². The summed E-state index contributed by atoms with van der Waals surface area (Å²) in [6, 6.07) is 17.5. The van der Waals surface area contributed by atoms with Crippen LogP contribution in [0.3, 0.4) is 0 Å². The summed E-state index contributed by atoms with van der Waals surface area (Å²) in [6.45, 7) is 5.76. The van der Waals surface area contributed by atoms with Crippen LogP contribution in [-0.2, 0) is 22.7 Å². The molecule has 1 N–H and O–H groups in total. The Hall–Kier alpha value is -3.65. The lowest BCUT2D eigenvalue weighted by Gasteiger charge is -2.33. The summed E-state index contributed by atoms with van der Waals surface area (Å²) >= 11 is 6.03. The van der Waals surface area contributed by atoms with E-state index in [4.69, 9.17) is 21.2 Å². The first-order valence-corrected chi connectivity index (χ1v) is 13.4. The molecule has 1 aromatic heterocycles. The van der Waals surface area contributed by atoms with E-state index in [1.807, 2.05) is 61.5 Å². The predicted molar refractivity (Wildman–Crippen MR) is 146 cm³/mol. The van der Waals surface area contributed by atoms with E-state index in [0.717, 1.165) is 42.2 Å². The summed E-state index contributed by atoms with van der Waals surface area (Å²) in [5, 5.41) is 0.729. The van der Waals surface area contributed by atoms with Crippen molar-refractivity contribution in [3.63, 3.8) is 0 Å². The lowest BCUT2D eigenvalue weighted by atomic mass is 9.93. The largest absolute Gasteiger partial charge is 0.485 e. The second-order valence-corrected chi connectivity index (χ2v) is 9.88. The fourth-order valence-corrected chi connectivity index (χ4v) is 4.61. The number of carbonyl (C=O) groups excluding carboxylic acids is 2. The second-order valence-electron chi connectivity index (χ2n) is 9.44. The van der Waals surface area contributed by atoms with E-state index in [0.29, 0.717) is 30.3 Å². The highest BCUT2D eigenvalue weighted by molar-refractivity contribution is 6.30. The van der Waals surface area contributed by atoms with E-state index < -0.39 is 11.9 Å². The van der Waals surface area contributed by atoms with Crippen LogP contribution in [-0.4, -0.2) is 34.9 Å². The molecule has 0 radical (unpaired) electrons. The highest BCUT2D eigenvalue weighted by Gasteiger charge is 2.25. The Morgan fingerprint density at radius 1 is 1.05 bits per heavy atom. The number of aryl methyl sites for hydroxylation is 1. The van der Waals surface area contributed by atoms with Crippen LogP contribution in [0.25, 0.3) is 0 Å². The molecule has 1 saturated heterocycles. The molecule has 2 heterocycles. The predicted octanol–water partition coefficient (Wildman–Crippen LogP) is 5.46. The van der Waals surface area contributed by atoms with E-state index in [2.05, 4.69) is 20.3 Å². The van der Waals surface area contributed by atoms with E-state index >= 15 is 0 Å². The van der Waals surface area contributed by atoms with Crippen LogP contribution in [0.5, 0.6) is 5.75 Å². The third-order valence-electron chi connectivity index (χ3n) is 6.51. The smallest absolute Gasteiger partial charge is 0.332 e. The highest BCUT2D eigenvalue weighted by Crippen LogP contribution is 2.28. The average Bonchev–Trinajstić information content (AvgIpc) is 2.92. The van der Waals surface area contributed by atoms with E-state index in [1.54, 1.807) is 6.92 Å². The van der Waals surface area contributed by atoms with Crippen molar-refractivity contribution >= 4 is 29.2 Å². The molecule has 0 aliphatic carbocycles. The van der Waals surface area contributed by atoms with Crippen LogP contribution in [0.4, 0.5) is 5.69 Å². The number of hydrogen-bond acceptors (Lipinski definition) is 7. The van der Waals surface area contributed by atoms with Gasteiger partial charge in [-0.05, 0) is 61.9 Å². The van der Waals surface area contributed by atoms with E-state index in [9.17, 15) is 9.59 Å². The van der Waals surface area contributed by atoms with Gasteiger partial charge in [-0.1, -0.05) is 48.9 Å². The lowest BCUT2D eigenvalue weighted by molar-refractivity contribution is -0.149. The molecule has 4 rings (SSSR count). The van der Waals surface area contributed by atoms with Crippen LogP contribution in [0.1, 0.15) is 60.2 Å². The number of hydroxylamine groups is 1. The maximum absolute atomic E-state index is 13.0. The minimum absolute atomic E-state index is 0.0614. The Bertz CT molecular complexity index is 1230. The molecular formula is C29H33ClN4O4. The number of rotatable bonds is 9. The first kappa shape index (κ1) is 27.4. The normalized spacial score (nSPS) is 13.7. The molecule has 0 spiro atoms. The zero-order valence-corrected chi connectivity index (χ0v) is 22.5. The number of carbonyl (C=O) groups is 2. The maximum atomic E-state index is 13.0. The molecule has 3 aromatic rings. The van der Waals surface area contributed by atoms with E-state index in [-0.39, 0.29) is 24.5 Å². The summed E-state index contributed by atoms with van der Waals surface area (Å²) in [5.74, 6) is 0.0870. The molecule has 0 unspecified atom stereocenters. The molecule has 9 heteroatoms. The molecule has 0 atom stereocenters. The molecule has 0 saturated carbocycles. The first-order valence-electron chi connectivity index (χ1n) is 13.0. The molecule has 1 aliphatic rings. The third-order valence-corrected chi connectivity index (χ3v) is 6.76. The van der Waals surface area contributed by atoms with Gasteiger partial charge in [-0.3, -0.25) is 4.79 Å². The number of nitrogens with one attached hydrogen (secondary N) is 1. The number of piperidine rings is 1. The molecule has 1 amide bonds. The minimum Gasteiger partial charge on any atom is -0.485 e. The van der Waals surface area contributed by atoms with Crippen molar-refractivity contribution in [2.75, 3.05) is 18.0 Å². The Morgan fingerprint density at radius 2 is 1.76 bits per heavy atom. The van der Waals surface area contributed by atoms with Gasteiger partial charge in [0.2, 0.25) is 0 Å². The van der Waals surface area contributed by atoms with Gasteiger partial charge in [0.1, 0.15) is 12.4 Å².